The van der Waals surface area contributed by atoms with Crippen LogP contribution in [0.3, 0.4) is 0 Å². The van der Waals surface area contributed by atoms with E-state index < -0.39 is 9.84 Å². The molecule has 0 saturated carbocycles. The molecule has 0 bridgehead atoms. The number of sulfone groups is 1. The zero-order valence-corrected chi connectivity index (χ0v) is 10.4. The van der Waals surface area contributed by atoms with Gasteiger partial charge in [-0.3, -0.25) is 4.98 Å². The summed E-state index contributed by atoms with van der Waals surface area (Å²) in [5, 5.41) is 3.26. The Morgan fingerprint density at radius 3 is 3.06 bits per heavy atom. The molecule has 1 aromatic rings. The monoisotopic (exact) mass is 255 g/mol. The molecule has 3 N–H and O–H groups in total. The first-order valence-electron chi connectivity index (χ1n) is 5.70. The molecule has 5 nitrogen and oxygen atoms in total. The second-order valence-corrected chi connectivity index (χ2v) is 6.56. The summed E-state index contributed by atoms with van der Waals surface area (Å²) in [6.07, 6.45) is 4.99. The Balaban J connectivity index is 2.10. The molecule has 1 saturated heterocycles. The Hall–Kier alpha value is -1.14. The number of hydrogen-bond acceptors (Lipinski definition) is 5. The molecule has 1 aliphatic heterocycles. The first-order chi connectivity index (χ1) is 8.11. The molecule has 0 amide bonds. The summed E-state index contributed by atoms with van der Waals surface area (Å²) in [5.74, 6) is 0.518. The van der Waals surface area contributed by atoms with Crippen LogP contribution in [-0.4, -0.2) is 30.9 Å². The lowest BCUT2D eigenvalue weighted by atomic mass is 10.1. The minimum Gasteiger partial charge on any atom is -0.381 e. The quantitative estimate of drug-likeness (QED) is 0.823. The van der Waals surface area contributed by atoms with Gasteiger partial charge in [0.25, 0.3) is 0 Å². The van der Waals surface area contributed by atoms with Gasteiger partial charge in [-0.05, 0) is 18.9 Å². The van der Waals surface area contributed by atoms with E-state index in [2.05, 4.69) is 10.3 Å². The molecular formula is C11H17N3O2S. The largest absolute Gasteiger partial charge is 0.381 e. The normalized spacial score (nSPS) is 23.2. The lowest BCUT2D eigenvalue weighted by Gasteiger charge is -2.24. The van der Waals surface area contributed by atoms with Gasteiger partial charge in [-0.1, -0.05) is 0 Å². The minimum absolute atomic E-state index is 0.0125. The van der Waals surface area contributed by atoms with Gasteiger partial charge in [0.15, 0.2) is 9.84 Å². The maximum atomic E-state index is 11.5. The second-order valence-electron chi connectivity index (χ2n) is 4.33. The fraction of sp³-hybridized carbons (Fsp3) is 0.545. The highest BCUT2D eigenvalue weighted by Gasteiger charge is 2.24. The Kier molecular flexibility index (Phi) is 3.63. The summed E-state index contributed by atoms with van der Waals surface area (Å²) < 4.78 is 23.1. The fourth-order valence-electron chi connectivity index (χ4n) is 2.09. The van der Waals surface area contributed by atoms with Crippen LogP contribution in [0.2, 0.25) is 0 Å². The summed E-state index contributed by atoms with van der Waals surface area (Å²) in [6, 6.07) is 1.82. The summed E-state index contributed by atoms with van der Waals surface area (Å²) in [4.78, 5) is 4.00. The lowest BCUT2D eigenvalue weighted by molar-refractivity contribution is 0.562. The minimum atomic E-state index is -2.88. The standard InChI is InChI=1S/C11H17N3O2S/c12-6-9-7-13-4-3-11(9)14-10-2-1-5-17(15,16)8-10/h3-4,7,10H,1-2,5-6,8,12H2,(H,13,14). The lowest BCUT2D eigenvalue weighted by Crippen LogP contribution is -2.35. The van der Waals surface area contributed by atoms with Crippen LogP contribution in [0.1, 0.15) is 18.4 Å². The Bertz CT molecular complexity index is 487. The van der Waals surface area contributed by atoms with Crippen molar-refractivity contribution in [2.24, 2.45) is 5.73 Å². The molecule has 17 heavy (non-hydrogen) atoms. The summed E-state index contributed by atoms with van der Waals surface area (Å²) in [5.41, 5.74) is 7.42. The van der Waals surface area contributed by atoms with Crippen LogP contribution >= 0.6 is 0 Å². The number of rotatable bonds is 3. The molecular weight excluding hydrogens is 238 g/mol. The summed E-state index contributed by atoms with van der Waals surface area (Å²) in [7, 11) is -2.88. The highest BCUT2D eigenvalue weighted by molar-refractivity contribution is 7.91. The third kappa shape index (κ3) is 3.17. The molecule has 1 aromatic heterocycles. The Morgan fingerprint density at radius 2 is 2.35 bits per heavy atom. The van der Waals surface area contributed by atoms with Crippen molar-refractivity contribution < 1.29 is 8.42 Å². The average Bonchev–Trinajstić information content (AvgIpc) is 2.28. The Labute approximate surface area is 101 Å². The number of nitrogens with zero attached hydrogens (tertiary/aromatic N) is 1. The average molecular weight is 255 g/mol. The summed E-state index contributed by atoms with van der Waals surface area (Å²) in [6.45, 7) is 0.398. The van der Waals surface area contributed by atoms with Crippen molar-refractivity contribution in [2.45, 2.75) is 25.4 Å². The van der Waals surface area contributed by atoms with Crippen LogP contribution in [0, 0.1) is 0 Å². The molecule has 1 aliphatic rings. The molecule has 6 heteroatoms. The van der Waals surface area contributed by atoms with E-state index in [1.165, 1.54) is 0 Å². The van der Waals surface area contributed by atoms with Crippen LogP contribution in [0.25, 0.3) is 0 Å². The first kappa shape index (κ1) is 12.3. The van der Waals surface area contributed by atoms with Crippen molar-refractivity contribution in [1.29, 1.82) is 0 Å². The second kappa shape index (κ2) is 5.01. The van der Waals surface area contributed by atoms with Crippen molar-refractivity contribution in [3.63, 3.8) is 0 Å². The molecule has 94 valence electrons. The van der Waals surface area contributed by atoms with Crippen LogP contribution < -0.4 is 11.1 Å². The van der Waals surface area contributed by atoms with Gasteiger partial charge in [0.2, 0.25) is 0 Å². The topological polar surface area (TPSA) is 85.1 Å². The van der Waals surface area contributed by atoms with E-state index >= 15 is 0 Å². The predicted molar refractivity (Wildman–Crippen MR) is 67.4 cm³/mol. The first-order valence-corrected chi connectivity index (χ1v) is 7.53. The van der Waals surface area contributed by atoms with E-state index in [1.807, 2.05) is 6.07 Å². The Morgan fingerprint density at radius 1 is 1.53 bits per heavy atom. The van der Waals surface area contributed by atoms with E-state index in [1.54, 1.807) is 12.4 Å². The van der Waals surface area contributed by atoms with E-state index in [9.17, 15) is 8.42 Å². The molecule has 0 spiro atoms. The van der Waals surface area contributed by atoms with Crippen molar-refractivity contribution in [2.75, 3.05) is 16.8 Å². The highest BCUT2D eigenvalue weighted by Crippen LogP contribution is 2.19. The van der Waals surface area contributed by atoms with E-state index in [4.69, 9.17) is 5.73 Å². The number of hydrogen-bond donors (Lipinski definition) is 2. The van der Waals surface area contributed by atoms with E-state index in [0.29, 0.717) is 12.3 Å². The molecule has 0 aliphatic carbocycles. The number of pyridine rings is 1. The van der Waals surface area contributed by atoms with Gasteiger partial charge in [0, 0.05) is 36.2 Å². The zero-order valence-electron chi connectivity index (χ0n) is 9.59. The molecule has 1 atom stereocenters. The number of nitrogens with one attached hydrogen (secondary N) is 1. The van der Waals surface area contributed by atoms with Crippen molar-refractivity contribution in [3.8, 4) is 0 Å². The smallest absolute Gasteiger partial charge is 0.152 e. The summed E-state index contributed by atoms with van der Waals surface area (Å²) >= 11 is 0. The number of nitrogens with two attached hydrogens (primary N) is 1. The predicted octanol–water partition coefficient (Wildman–Crippen LogP) is 0.529. The van der Waals surface area contributed by atoms with Crippen molar-refractivity contribution in [1.82, 2.24) is 4.98 Å². The van der Waals surface area contributed by atoms with E-state index in [0.717, 1.165) is 24.1 Å². The van der Waals surface area contributed by atoms with E-state index in [-0.39, 0.29) is 11.8 Å². The van der Waals surface area contributed by atoms with Gasteiger partial charge < -0.3 is 11.1 Å². The van der Waals surface area contributed by atoms with Gasteiger partial charge in [-0.2, -0.15) is 0 Å². The van der Waals surface area contributed by atoms with Crippen LogP contribution in [0.15, 0.2) is 18.5 Å². The van der Waals surface area contributed by atoms with Crippen LogP contribution in [0.5, 0.6) is 0 Å². The van der Waals surface area contributed by atoms with Crippen molar-refractivity contribution in [3.05, 3.63) is 24.0 Å². The molecule has 2 heterocycles. The number of anilines is 1. The maximum Gasteiger partial charge on any atom is 0.152 e. The fourth-order valence-corrected chi connectivity index (χ4v) is 3.72. The van der Waals surface area contributed by atoms with Gasteiger partial charge in [-0.15, -0.1) is 0 Å². The van der Waals surface area contributed by atoms with Gasteiger partial charge in [-0.25, -0.2) is 8.42 Å². The zero-order chi connectivity index (χ0) is 12.3. The third-order valence-corrected chi connectivity index (χ3v) is 4.77. The third-order valence-electron chi connectivity index (χ3n) is 2.95. The molecule has 1 fully saturated rings. The van der Waals surface area contributed by atoms with Crippen LogP contribution in [-0.2, 0) is 16.4 Å². The highest BCUT2D eigenvalue weighted by atomic mass is 32.2. The molecule has 0 radical (unpaired) electrons. The van der Waals surface area contributed by atoms with Gasteiger partial charge >= 0.3 is 0 Å². The maximum absolute atomic E-state index is 11.5. The molecule has 2 rings (SSSR count). The molecule has 1 unspecified atom stereocenters. The SMILES string of the molecule is NCc1cnccc1NC1CCCS(=O)(=O)C1. The van der Waals surface area contributed by atoms with Gasteiger partial charge in [0.1, 0.15) is 0 Å². The molecule has 0 aromatic carbocycles. The number of aromatic nitrogens is 1. The van der Waals surface area contributed by atoms with Crippen molar-refractivity contribution >= 4 is 15.5 Å². The van der Waals surface area contributed by atoms with Crippen LogP contribution in [0.4, 0.5) is 5.69 Å². The van der Waals surface area contributed by atoms with Gasteiger partial charge in [0.05, 0.1) is 11.5 Å².